The second-order valence-electron chi connectivity index (χ2n) is 5.95. The van der Waals surface area contributed by atoms with E-state index in [1.54, 1.807) is 6.07 Å². The van der Waals surface area contributed by atoms with Crippen LogP contribution in [0.15, 0.2) is 18.2 Å². The summed E-state index contributed by atoms with van der Waals surface area (Å²) in [7, 11) is 0. The normalized spacial score (nSPS) is 20.9. The Morgan fingerprint density at radius 2 is 2.19 bits per heavy atom. The number of hydrogen-bond acceptors (Lipinski definition) is 4. The number of carboxylic acid groups (broad SMARTS) is 1. The van der Waals surface area contributed by atoms with Crippen molar-refractivity contribution in [3.05, 3.63) is 29.6 Å². The van der Waals surface area contributed by atoms with Crippen LogP contribution in [0, 0.1) is 0 Å². The van der Waals surface area contributed by atoms with E-state index in [2.05, 4.69) is 35.6 Å². The van der Waals surface area contributed by atoms with E-state index in [1.165, 1.54) is 6.07 Å². The van der Waals surface area contributed by atoms with E-state index in [9.17, 15) is 4.79 Å². The molecule has 1 aromatic rings. The molecular weight excluding hydrogens is 266 g/mol. The maximum absolute atomic E-state index is 11.0. The summed E-state index contributed by atoms with van der Waals surface area (Å²) in [6.45, 7) is 10.5. The number of pyridine rings is 1. The first kappa shape index (κ1) is 15.9. The van der Waals surface area contributed by atoms with Gasteiger partial charge in [0.05, 0.1) is 5.69 Å². The topological polar surface area (TPSA) is 56.7 Å². The summed E-state index contributed by atoms with van der Waals surface area (Å²) in [6.07, 6.45) is 1.14. The minimum Gasteiger partial charge on any atom is -0.477 e. The molecule has 2 rings (SSSR count). The van der Waals surface area contributed by atoms with Crippen LogP contribution in [0.1, 0.15) is 43.4 Å². The fourth-order valence-electron chi connectivity index (χ4n) is 3.04. The number of carbonyl (C=O) groups is 1. The Morgan fingerprint density at radius 3 is 2.81 bits per heavy atom. The molecule has 5 heteroatoms. The van der Waals surface area contributed by atoms with Crippen LogP contribution in [-0.4, -0.2) is 57.6 Å². The summed E-state index contributed by atoms with van der Waals surface area (Å²) in [5.74, 6) is -0.965. The number of aromatic nitrogens is 1. The molecule has 0 amide bonds. The lowest BCUT2D eigenvalue weighted by Crippen LogP contribution is -2.54. The molecule has 116 valence electrons. The third-order valence-corrected chi connectivity index (χ3v) is 4.16. The van der Waals surface area contributed by atoms with E-state index in [1.807, 2.05) is 6.07 Å². The first-order valence-electron chi connectivity index (χ1n) is 7.68. The Hall–Kier alpha value is -1.46. The highest BCUT2D eigenvalue weighted by Gasteiger charge is 2.27. The average molecular weight is 291 g/mol. The highest BCUT2D eigenvalue weighted by molar-refractivity contribution is 5.85. The predicted molar refractivity (Wildman–Crippen MR) is 82.4 cm³/mol. The van der Waals surface area contributed by atoms with Gasteiger partial charge in [0.15, 0.2) is 0 Å². The van der Waals surface area contributed by atoms with E-state index in [0.29, 0.717) is 12.1 Å². The first-order chi connectivity index (χ1) is 10.0. The van der Waals surface area contributed by atoms with Crippen LogP contribution in [0.3, 0.4) is 0 Å². The molecule has 0 bridgehead atoms. The maximum Gasteiger partial charge on any atom is 0.354 e. The molecule has 0 aliphatic carbocycles. The van der Waals surface area contributed by atoms with E-state index >= 15 is 0 Å². The number of hydrogen-bond donors (Lipinski definition) is 1. The Bertz CT molecular complexity index is 490. The van der Waals surface area contributed by atoms with Crippen molar-refractivity contribution in [3.8, 4) is 0 Å². The predicted octanol–water partition coefficient (Wildman–Crippen LogP) is 2.08. The molecule has 0 aromatic carbocycles. The van der Waals surface area contributed by atoms with Gasteiger partial charge < -0.3 is 5.11 Å². The number of aromatic carboxylic acids is 1. The van der Waals surface area contributed by atoms with Gasteiger partial charge in [0.25, 0.3) is 0 Å². The van der Waals surface area contributed by atoms with Crippen molar-refractivity contribution >= 4 is 5.97 Å². The largest absolute Gasteiger partial charge is 0.477 e. The summed E-state index contributed by atoms with van der Waals surface area (Å²) in [5, 5.41) is 9.01. The Morgan fingerprint density at radius 1 is 1.43 bits per heavy atom. The molecule has 1 aliphatic rings. The van der Waals surface area contributed by atoms with Gasteiger partial charge in [0, 0.05) is 38.3 Å². The van der Waals surface area contributed by atoms with Crippen molar-refractivity contribution in [1.29, 1.82) is 0 Å². The number of rotatable bonds is 5. The van der Waals surface area contributed by atoms with Gasteiger partial charge in [-0.15, -0.1) is 0 Å². The minimum atomic E-state index is -0.965. The van der Waals surface area contributed by atoms with Gasteiger partial charge >= 0.3 is 5.97 Å². The molecule has 1 saturated heterocycles. The number of carboxylic acids is 1. The molecule has 0 unspecified atom stereocenters. The SMILES string of the molecule is CC[C@@H]1CN(Cc2cccc(C(=O)O)n2)CCN1C(C)C. The standard InChI is InChI=1S/C16H25N3O2/c1-4-14-11-18(8-9-19(14)12(2)3)10-13-6-5-7-15(17-13)16(20)21/h5-7,12,14H,4,8-11H2,1-3H3,(H,20,21)/t14-/m1/s1. The molecule has 1 aromatic heterocycles. The first-order valence-corrected chi connectivity index (χ1v) is 7.68. The average Bonchev–Trinajstić information content (AvgIpc) is 2.47. The number of piperazine rings is 1. The molecule has 1 aliphatic heterocycles. The molecule has 5 nitrogen and oxygen atoms in total. The summed E-state index contributed by atoms with van der Waals surface area (Å²) in [4.78, 5) is 20.1. The van der Waals surface area contributed by atoms with Crippen molar-refractivity contribution in [2.75, 3.05) is 19.6 Å². The lowest BCUT2D eigenvalue weighted by Gasteiger charge is -2.43. The van der Waals surface area contributed by atoms with Gasteiger partial charge in [-0.2, -0.15) is 0 Å². The summed E-state index contributed by atoms with van der Waals surface area (Å²) >= 11 is 0. The molecule has 1 N–H and O–H groups in total. The minimum absolute atomic E-state index is 0.125. The quantitative estimate of drug-likeness (QED) is 0.900. The van der Waals surface area contributed by atoms with Crippen molar-refractivity contribution in [2.24, 2.45) is 0 Å². The van der Waals surface area contributed by atoms with Crippen molar-refractivity contribution < 1.29 is 9.90 Å². The number of nitrogens with zero attached hydrogens (tertiary/aromatic N) is 3. The summed E-state index contributed by atoms with van der Waals surface area (Å²) < 4.78 is 0. The molecule has 0 saturated carbocycles. The molecule has 2 heterocycles. The van der Waals surface area contributed by atoms with E-state index in [-0.39, 0.29) is 5.69 Å². The second-order valence-corrected chi connectivity index (χ2v) is 5.95. The molecule has 21 heavy (non-hydrogen) atoms. The van der Waals surface area contributed by atoms with Crippen LogP contribution in [0.25, 0.3) is 0 Å². The fraction of sp³-hybridized carbons (Fsp3) is 0.625. The Kier molecular flexibility index (Phi) is 5.31. The summed E-state index contributed by atoms with van der Waals surface area (Å²) in [5.41, 5.74) is 0.961. The van der Waals surface area contributed by atoms with Crippen molar-refractivity contribution in [3.63, 3.8) is 0 Å². The zero-order chi connectivity index (χ0) is 15.4. The fourth-order valence-corrected chi connectivity index (χ4v) is 3.04. The second kappa shape index (κ2) is 7.00. The lowest BCUT2D eigenvalue weighted by molar-refractivity contribution is 0.0450. The molecule has 1 fully saturated rings. The van der Waals surface area contributed by atoms with E-state index < -0.39 is 5.97 Å². The van der Waals surface area contributed by atoms with E-state index in [0.717, 1.165) is 38.3 Å². The third kappa shape index (κ3) is 4.02. The van der Waals surface area contributed by atoms with Crippen LogP contribution in [-0.2, 0) is 6.54 Å². The van der Waals surface area contributed by atoms with Gasteiger partial charge in [-0.25, -0.2) is 9.78 Å². The van der Waals surface area contributed by atoms with Crippen LogP contribution in [0.5, 0.6) is 0 Å². The van der Waals surface area contributed by atoms with Gasteiger partial charge in [-0.3, -0.25) is 9.80 Å². The molecule has 0 spiro atoms. The lowest BCUT2D eigenvalue weighted by atomic mass is 10.1. The highest BCUT2D eigenvalue weighted by atomic mass is 16.4. The molecule has 0 radical (unpaired) electrons. The zero-order valence-electron chi connectivity index (χ0n) is 13.1. The summed E-state index contributed by atoms with van der Waals surface area (Å²) in [6, 6.07) is 6.36. The van der Waals surface area contributed by atoms with Gasteiger partial charge in [0.2, 0.25) is 0 Å². The third-order valence-electron chi connectivity index (χ3n) is 4.16. The Labute approximate surface area is 126 Å². The molecular formula is C16H25N3O2. The van der Waals surface area contributed by atoms with Crippen molar-refractivity contribution in [2.45, 2.75) is 45.8 Å². The van der Waals surface area contributed by atoms with Gasteiger partial charge in [0.1, 0.15) is 5.69 Å². The van der Waals surface area contributed by atoms with Crippen LogP contribution < -0.4 is 0 Å². The van der Waals surface area contributed by atoms with Crippen LogP contribution in [0.4, 0.5) is 0 Å². The molecule has 1 atom stereocenters. The highest BCUT2D eigenvalue weighted by Crippen LogP contribution is 2.17. The van der Waals surface area contributed by atoms with Crippen LogP contribution >= 0.6 is 0 Å². The monoisotopic (exact) mass is 291 g/mol. The van der Waals surface area contributed by atoms with Gasteiger partial charge in [-0.1, -0.05) is 13.0 Å². The van der Waals surface area contributed by atoms with Gasteiger partial charge in [-0.05, 0) is 32.4 Å². The zero-order valence-corrected chi connectivity index (χ0v) is 13.1. The van der Waals surface area contributed by atoms with Crippen molar-refractivity contribution in [1.82, 2.24) is 14.8 Å². The van der Waals surface area contributed by atoms with E-state index in [4.69, 9.17) is 5.11 Å². The van der Waals surface area contributed by atoms with Crippen LogP contribution in [0.2, 0.25) is 0 Å². The maximum atomic E-state index is 11.0. The Balaban J connectivity index is 2.01. The smallest absolute Gasteiger partial charge is 0.354 e.